The Hall–Kier alpha value is -1.36. The molecular weight excluding hydrogens is 262 g/mol. The summed E-state index contributed by atoms with van der Waals surface area (Å²) in [6.45, 7) is 4.72. The fourth-order valence-electron chi connectivity index (χ4n) is 2.62. The first-order valence-corrected chi connectivity index (χ1v) is 7.42. The number of thiophene rings is 1. The summed E-state index contributed by atoms with van der Waals surface area (Å²) in [5.41, 5.74) is 0.233. The van der Waals surface area contributed by atoms with Crippen LogP contribution in [0, 0.1) is 11.3 Å². The maximum absolute atomic E-state index is 12.2. The highest BCUT2D eigenvalue weighted by molar-refractivity contribution is 7.07. The van der Waals surface area contributed by atoms with Gasteiger partial charge in [-0.3, -0.25) is 9.59 Å². The summed E-state index contributed by atoms with van der Waals surface area (Å²) >= 11 is 1.57. The molecular formula is C14H19NO3S. The number of hydrogen-bond acceptors (Lipinski definition) is 3. The SMILES string of the molecule is CC(C)C1(C(=O)O)CCN(C(=O)Cc2ccsc2)C1. The van der Waals surface area contributed by atoms with Crippen LogP contribution in [0.3, 0.4) is 0 Å². The average Bonchev–Trinajstić information content (AvgIpc) is 2.97. The predicted molar refractivity (Wildman–Crippen MR) is 74.1 cm³/mol. The quantitative estimate of drug-likeness (QED) is 0.921. The van der Waals surface area contributed by atoms with Gasteiger partial charge in [-0.15, -0.1) is 0 Å². The van der Waals surface area contributed by atoms with Gasteiger partial charge in [0.15, 0.2) is 0 Å². The van der Waals surface area contributed by atoms with Gasteiger partial charge in [-0.2, -0.15) is 11.3 Å². The van der Waals surface area contributed by atoms with E-state index in [0.717, 1.165) is 5.56 Å². The van der Waals surface area contributed by atoms with Crippen LogP contribution in [-0.2, 0) is 16.0 Å². The topological polar surface area (TPSA) is 57.6 Å². The molecule has 1 aromatic heterocycles. The smallest absolute Gasteiger partial charge is 0.311 e. The van der Waals surface area contributed by atoms with E-state index in [4.69, 9.17) is 0 Å². The average molecular weight is 281 g/mol. The van der Waals surface area contributed by atoms with E-state index in [1.165, 1.54) is 0 Å². The fraction of sp³-hybridized carbons (Fsp3) is 0.571. The van der Waals surface area contributed by atoms with Gasteiger partial charge in [-0.25, -0.2) is 0 Å². The molecule has 1 atom stereocenters. The minimum atomic E-state index is -0.784. The lowest BCUT2D eigenvalue weighted by atomic mass is 9.76. The van der Waals surface area contributed by atoms with Crippen molar-refractivity contribution in [3.63, 3.8) is 0 Å². The van der Waals surface area contributed by atoms with Gasteiger partial charge in [0.25, 0.3) is 0 Å². The Labute approximate surface area is 117 Å². The lowest BCUT2D eigenvalue weighted by Crippen LogP contribution is -2.41. The lowest BCUT2D eigenvalue weighted by molar-refractivity contribution is -0.151. The summed E-state index contributed by atoms with van der Waals surface area (Å²) in [6, 6.07) is 1.94. The Morgan fingerprint density at radius 2 is 2.26 bits per heavy atom. The molecule has 1 unspecified atom stereocenters. The van der Waals surface area contributed by atoms with Crippen molar-refractivity contribution in [2.24, 2.45) is 11.3 Å². The van der Waals surface area contributed by atoms with Crippen LogP contribution in [-0.4, -0.2) is 35.0 Å². The predicted octanol–water partition coefficient (Wildman–Crippen LogP) is 2.25. The van der Waals surface area contributed by atoms with Crippen molar-refractivity contribution >= 4 is 23.2 Å². The van der Waals surface area contributed by atoms with Crippen molar-refractivity contribution in [2.75, 3.05) is 13.1 Å². The van der Waals surface area contributed by atoms with Gasteiger partial charge >= 0.3 is 5.97 Å². The maximum atomic E-state index is 12.2. The molecule has 5 heteroatoms. The number of nitrogens with zero attached hydrogens (tertiary/aromatic N) is 1. The molecule has 0 radical (unpaired) electrons. The van der Waals surface area contributed by atoms with E-state index in [-0.39, 0.29) is 11.8 Å². The second kappa shape index (κ2) is 5.33. The van der Waals surface area contributed by atoms with Crippen LogP contribution < -0.4 is 0 Å². The Kier molecular flexibility index (Phi) is 3.94. The zero-order valence-electron chi connectivity index (χ0n) is 11.3. The third-order valence-corrected chi connectivity index (χ3v) is 4.85. The highest BCUT2D eigenvalue weighted by Gasteiger charge is 2.48. The zero-order chi connectivity index (χ0) is 14.0. The van der Waals surface area contributed by atoms with E-state index in [9.17, 15) is 14.7 Å². The van der Waals surface area contributed by atoms with E-state index in [0.29, 0.717) is 25.9 Å². The molecule has 1 aromatic rings. The Bertz CT molecular complexity index is 469. The maximum Gasteiger partial charge on any atom is 0.311 e. The van der Waals surface area contributed by atoms with E-state index >= 15 is 0 Å². The number of carboxylic acid groups (broad SMARTS) is 1. The molecule has 0 bridgehead atoms. The van der Waals surface area contributed by atoms with Crippen molar-refractivity contribution in [1.29, 1.82) is 0 Å². The molecule has 0 spiro atoms. The van der Waals surface area contributed by atoms with E-state index in [1.54, 1.807) is 16.2 Å². The minimum Gasteiger partial charge on any atom is -0.481 e. The van der Waals surface area contributed by atoms with Crippen molar-refractivity contribution in [3.05, 3.63) is 22.4 Å². The Balaban J connectivity index is 2.05. The molecule has 1 N–H and O–H groups in total. The van der Waals surface area contributed by atoms with Gasteiger partial charge in [-0.05, 0) is 34.7 Å². The minimum absolute atomic E-state index is 0.0298. The molecule has 0 saturated carbocycles. The van der Waals surface area contributed by atoms with Gasteiger partial charge in [-0.1, -0.05) is 13.8 Å². The second-order valence-corrected chi connectivity index (χ2v) is 6.27. The van der Waals surface area contributed by atoms with Gasteiger partial charge in [0.2, 0.25) is 5.91 Å². The number of likely N-dealkylation sites (tertiary alicyclic amines) is 1. The summed E-state index contributed by atoms with van der Waals surface area (Å²) in [4.78, 5) is 25.4. The summed E-state index contributed by atoms with van der Waals surface area (Å²) in [7, 11) is 0. The fourth-order valence-corrected chi connectivity index (χ4v) is 3.29. The first kappa shape index (κ1) is 14.1. The molecule has 104 valence electrons. The summed E-state index contributed by atoms with van der Waals surface area (Å²) in [5.74, 6) is -0.723. The van der Waals surface area contributed by atoms with Crippen LogP contribution in [0.25, 0.3) is 0 Å². The third kappa shape index (κ3) is 2.66. The molecule has 19 heavy (non-hydrogen) atoms. The molecule has 1 saturated heterocycles. The number of amides is 1. The van der Waals surface area contributed by atoms with E-state index < -0.39 is 11.4 Å². The Morgan fingerprint density at radius 1 is 1.53 bits per heavy atom. The number of carbonyl (C=O) groups excluding carboxylic acids is 1. The number of hydrogen-bond donors (Lipinski definition) is 1. The lowest BCUT2D eigenvalue weighted by Gasteiger charge is -2.28. The summed E-state index contributed by atoms with van der Waals surface area (Å²) < 4.78 is 0. The number of carboxylic acids is 1. The van der Waals surface area contributed by atoms with Crippen LogP contribution in [0.5, 0.6) is 0 Å². The highest BCUT2D eigenvalue weighted by Crippen LogP contribution is 2.38. The van der Waals surface area contributed by atoms with Crippen LogP contribution in [0.15, 0.2) is 16.8 Å². The zero-order valence-corrected chi connectivity index (χ0v) is 12.1. The molecule has 1 aliphatic rings. The molecule has 0 aliphatic carbocycles. The van der Waals surface area contributed by atoms with Gasteiger partial charge in [0.05, 0.1) is 11.8 Å². The standard InChI is InChI=1S/C14H19NO3S/c1-10(2)14(13(17)18)4-5-15(9-14)12(16)7-11-3-6-19-8-11/h3,6,8,10H,4-5,7,9H2,1-2H3,(H,17,18). The molecule has 2 heterocycles. The van der Waals surface area contributed by atoms with Gasteiger partial charge in [0, 0.05) is 13.1 Å². The van der Waals surface area contributed by atoms with Crippen LogP contribution in [0.1, 0.15) is 25.8 Å². The first-order chi connectivity index (χ1) is 8.95. The normalized spacial score (nSPS) is 23.0. The monoisotopic (exact) mass is 281 g/mol. The van der Waals surface area contributed by atoms with Crippen molar-refractivity contribution < 1.29 is 14.7 Å². The third-order valence-electron chi connectivity index (χ3n) is 4.12. The molecule has 1 amide bonds. The van der Waals surface area contributed by atoms with Crippen LogP contribution in [0.4, 0.5) is 0 Å². The van der Waals surface area contributed by atoms with Crippen molar-refractivity contribution in [2.45, 2.75) is 26.7 Å². The molecule has 4 nitrogen and oxygen atoms in total. The van der Waals surface area contributed by atoms with Gasteiger partial charge in [0.1, 0.15) is 0 Å². The van der Waals surface area contributed by atoms with E-state index in [1.807, 2.05) is 30.7 Å². The number of aliphatic carboxylic acids is 1. The first-order valence-electron chi connectivity index (χ1n) is 6.48. The number of carbonyl (C=O) groups is 2. The molecule has 1 fully saturated rings. The molecule has 1 aliphatic heterocycles. The second-order valence-electron chi connectivity index (χ2n) is 5.49. The highest BCUT2D eigenvalue weighted by atomic mass is 32.1. The van der Waals surface area contributed by atoms with Crippen LogP contribution in [0.2, 0.25) is 0 Å². The van der Waals surface area contributed by atoms with Crippen molar-refractivity contribution in [1.82, 2.24) is 4.90 Å². The van der Waals surface area contributed by atoms with Crippen molar-refractivity contribution in [3.8, 4) is 0 Å². The van der Waals surface area contributed by atoms with Gasteiger partial charge < -0.3 is 10.0 Å². The number of rotatable bonds is 4. The van der Waals surface area contributed by atoms with Crippen LogP contribution >= 0.6 is 11.3 Å². The largest absolute Gasteiger partial charge is 0.481 e. The summed E-state index contributed by atoms with van der Waals surface area (Å²) in [5, 5.41) is 13.4. The molecule has 0 aromatic carbocycles. The molecule has 2 rings (SSSR count). The van der Waals surface area contributed by atoms with E-state index in [2.05, 4.69) is 0 Å². The Morgan fingerprint density at radius 3 is 2.74 bits per heavy atom. The summed E-state index contributed by atoms with van der Waals surface area (Å²) in [6.07, 6.45) is 0.923.